The zero-order valence-electron chi connectivity index (χ0n) is 12.7. The molecule has 0 unspecified atom stereocenters. The quantitative estimate of drug-likeness (QED) is 0.881. The van der Waals surface area contributed by atoms with Gasteiger partial charge in [0, 0.05) is 30.9 Å². The smallest absolute Gasteiger partial charge is 0.252 e. The fourth-order valence-corrected chi connectivity index (χ4v) is 2.99. The second-order valence-corrected chi connectivity index (χ2v) is 6.28. The highest BCUT2D eigenvalue weighted by Gasteiger charge is 2.16. The lowest BCUT2D eigenvalue weighted by Gasteiger charge is -2.11. The van der Waals surface area contributed by atoms with Crippen LogP contribution < -0.4 is 10.6 Å². The number of nitrogens with two attached hydrogens (primary N) is 1. The van der Waals surface area contributed by atoms with Crippen molar-refractivity contribution in [3.8, 4) is 0 Å². The van der Waals surface area contributed by atoms with Gasteiger partial charge in [-0.1, -0.05) is 12.1 Å². The van der Waals surface area contributed by atoms with Crippen molar-refractivity contribution in [2.24, 2.45) is 10.7 Å². The van der Waals surface area contributed by atoms with Gasteiger partial charge in [0.1, 0.15) is 5.00 Å². The highest BCUT2D eigenvalue weighted by Crippen LogP contribution is 2.34. The Balaban J connectivity index is 2.29. The first-order valence-corrected chi connectivity index (χ1v) is 7.43. The summed E-state index contributed by atoms with van der Waals surface area (Å²) >= 11 is 1.49. The third-order valence-corrected chi connectivity index (χ3v) is 4.47. The number of benzene rings is 1. The van der Waals surface area contributed by atoms with E-state index < -0.39 is 5.91 Å². The van der Waals surface area contributed by atoms with Gasteiger partial charge in [-0.05, 0) is 37.1 Å². The maximum atomic E-state index is 11.5. The molecular formula is C16H19N3OS. The molecule has 2 aromatic rings. The molecule has 0 aliphatic carbocycles. The standard InChI is InChI=1S/C16H19N3OS/c1-10-11(2)21-16(14(10)15(17)20)18-9-12-5-7-13(8-6-12)19(3)4/h5-9H,1-4H3,(H2,17,20)/b18-9+. The molecule has 5 heteroatoms. The van der Waals surface area contributed by atoms with Crippen LogP contribution in [0.25, 0.3) is 0 Å². The Labute approximate surface area is 128 Å². The number of primary amides is 1. The minimum Gasteiger partial charge on any atom is -0.378 e. The number of thiophene rings is 1. The van der Waals surface area contributed by atoms with Crippen LogP contribution in [0.15, 0.2) is 29.3 Å². The number of hydrogen-bond donors (Lipinski definition) is 1. The number of hydrogen-bond acceptors (Lipinski definition) is 4. The lowest BCUT2D eigenvalue weighted by molar-refractivity contribution is 0.100. The molecule has 21 heavy (non-hydrogen) atoms. The summed E-state index contributed by atoms with van der Waals surface area (Å²) in [6.45, 7) is 3.87. The van der Waals surface area contributed by atoms with Crippen LogP contribution in [0.1, 0.15) is 26.4 Å². The lowest BCUT2D eigenvalue weighted by atomic mass is 10.1. The van der Waals surface area contributed by atoms with E-state index in [2.05, 4.69) is 4.99 Å². The van der Waals surface area contributed by atoms with Crippen LogP contribution >= 0.6 is 11.3 Å². The molecule has 1 heterocycles. The SMILES string of the molecule is Cc1sc(/N=C/c2ccc(N(C)C)cc2)c(C(N)=O)c1C. The largest absolute Gasteiger partial charge is 0.378 e. The van der Waals surface area contributed by atoms with E-state index in [0.717, 1.165) is 21.7 Å². The summed E-state index contributed by atoms with van der Waals surface area (Å²) < 4.78 is 0. The van der Waals surface area contributed by atoms with Crippen molar-refractivity contribution in [1.29, 1.82) is 0 Å². The Hall–Kier alpha value is -2.14. The van der Waals surface area contributed by atoms with Crippen molar-refractivity contribution in [2.75, 3.05) is 19.0 Å². The summed E-state index contributed by atoms with van der Waals surface area (Å²) in [6.07, 6.45) is 1.76. The highest BCUT2D eigenvalue weighted by atomic mass is 32.1. The molecular weight excluding hydrogens is 282 g/mol. The molecule has 0 bridgehead atoms. The van der Waals surface area contributed by atoms with E-state index in [1.165, 1.54) is 11.3 Å². The van der Waals surface area contributed by atoms with Crippen LogP contribution in [0.5, 0.6) is 0 Å². The number of rotatable bonds is 4. The highest BCUT2D eigenvalue weighted by molar-refractivity contribution is 7.16. The van der Waals surface area contributed by atoms with Gasteiger partial charge in [0.2, 0.25) is 0 Å². The Bertz CT molecular complexity index is 684. The number of anilines is 1. The Kier molecular flexibility index (Phi) is 4.43. The topological polar surface area (TPSA) is 58.7 Å². The molecule has 0 aliphatic rings. The first-order valence-electron chi connectivity index (χ1n) is 6.61. The van der Waals surface area contributed by atoms with Gasteiger partial charge in [-0.15, -0.1) is 11.3 Å². The molecule has 0 spiro atoms. The summed E-state index contributed by atoms with van der Waals surface area (Å²) in [7, 11) is 4.00. The van der Waals surface area contributed by atoms with Crippen LogP contribution in [-0.2, 0) is 0 Å². The molecule has 0 radical (unpaired) electrons. The van der Waals surface area contributed by atoms with Crippen molar-refractivity contribution >= 4 is 34.1 Å². The number of aliphatic imine (C=N–C) groups is 1. The first kappa shape index (κ1) is 15.3. The monoisotopic (exact) mass is 301 g/mol. The van der Waals surface area contributed by atoms with Crippen LogP contribution in [0, 0.1) is 13.8 Å². The maximum Gasteiger partial charge on any atom is 0.252 e. The number of carbonyl (C=O) groups is 1. The van der Waals surface area contributed by atoms with Gasteiger partial charge in [0.05, 0.1) is 5.56 Å². The van der Waals surface area contributed by atoms with Crippen molar-refractivity contribution in [3.05, 3.63) is 45.8 Å². The van der Waals surface area contributed by atoms with Crippen molar-refractivity contribution in [2.45, 2.75) is 13.8 Å². The van der Waals surface area contributed by atoms with Gasteiger partial charge in [-0.25, -0.2) is 4.99 Å². The molecule has 0 fully saturated rings. The fraction of sp³-hybridized carbons (Fsp3) is 0.250. The molecule has 1 aromatic carbocycles. The molecule has 0 aliphatic heterocycles. The zero-order valence-corrected chi connectivity index (χ0v) is 13.5. The zero-order chi connectivity index (χ0) is 15.6. The van der Waals surface area contributed by atoms with E-state index in [9.17, 15) is 4.79 Å². The summed E-state index contributed by atoms with van der Waals surface area (Å²) in [5.74, 6) is -0.424. The van der Waals surface area contributed by atoms with E-state index in [1.54, 1.807) is 6.21 Å². The molecule has 4 nitrogen and oxygen atoms in total. The molecule has 1 aromatic heterocycles. The maximum absolute atomic E-state index is 11.5. The second kappa shape index (κ2) is 6.10. The average Bonchev–Trinajstić information content (AvgIpc) is 2.72. The van der Waals surface area contributed by atoms with Crippen molar-refractivity contribution < 1.29 is 4.79 Å². The minimum absolute atomic E-state index is 0.424. The number of nitrogens with zero attached hydrogens (tertiary/aromatic N) is 2. The van der Waals surface area contributed by atoms with Crippen LogP contribution in [0.3, 0.4) is 0 Å². The van der Waals surface area contributed by atoms with Crippen LogP contribution in [-0.4, -0.2) is 26.2 Å². The average molecular weight is 301 g/mol. The molecule has 2 N–H and O–H groups in total. The normalized spacial score (nSPS) is 11.0. The Morgan fingerprint density at radius 1 is 1.24 bits per heavy atom. The number of amides is 1. The van der Waals surface area contributed by atoms with Crippen LogP contribution in [0.2, 0.25) is 0 Å². The van der Waals surface area contributed by atoms with Gasteiger partial charge < -0.3 is 10.6 Å². The Morgan fingerprint density at radius 3 is 2.38 bits per heavy atom. The molecule has 0 atom stereocenters. The van der Waals surface area contributed by atoms with E-state index in [-0.39, 0.29) is 0 Å². The molecule has 1 amide bonds. The van der Waals surface area contributed by atoms with E-state index >= 15 is 0 Å². The predicted molar refractivity (Wildman–Crippen MR) is 90.3 cm³/mol. The molecule has 0 saturated heterocycles. The lowest BCUT2D eigenvalue weighted by Crippen LogP contribution is -2.11. The van der Waals surface area contributed by atoms with Gasteiger partial charge in [0.25, 0.3) is 5.91 Å². The van der Waals surface area contributed by atoms with E-state index in [1.807, 2.05) is 57.1 Å². The molecule has 2 rings (SSSR count). The molecule has 110 valence electrons. The summed E-state index contributed by atoms with van der Waals surface area (Å²) in [4.78, 5) is 19.1. The van der Waals surface area contributed by atoms with E-state index in [4.69, 9.17) is 5.73 Å². The third kappa shape index (κ3) is 3.31. The van der Waals surface area contributed by atoms with Crippen LogP contribution in [0.4, 0.5) is 10.7 Å². The van der Waals surface area contributed by atoms with Gasteiger partial charge in [0.15, 0.2) is 0 Å². The number of carbonyl (C=O) groups excluding carboxylic acids is 1. The summed E-state index contributed by atoms with van der Waals surface area (Å²) in [6, 6.07) is 8.05. The third-order valence-electron chi connectivity index (χ3n) is 3.35. The summed E-state index contributed by atoms with van der Waals surface area (Å²) in [5.41, 5.74) is 9.00. The fourth-order valence-electron chi connectivity index (χ4n) is 1.98. The van der Waals surface area contributed by atoms with Crippen molar-refractivity contribution in [3.63, 3.8) is 0 Å². The Morgan fingerprint density at radius 2 is 1.86 bits per heavy atom. The van der Waals surface area contributed by atoms with Gasteiger partial charge >= 0.3 is 0 Å². The van der Waals surface area contributed by atoms with Gasteiger partial charge in [-0.2, -0.15) is 0 Å². The minimum atomic E-state index is -0.424. The predicted octanol–water partition coefficient (Wildman–Crippen LogP) is 3.28. The summed E-state index contributed by atoms with van der Waals surface area (Å²) in [5, 5.41) is 0.675. The van der Waals surface area contributed by atoms with E-state index in [0.29, 0.717) is 10.6 Å². The number of aryl methyl sites for hydroxylation is 1. The first-order chi connectivity index (χ1) is 9.90. The second-order valence-electron chi connectivity index (χ2n) is 5.07. The van der Waals surface area contributed by atoms with Gasteiger partial charge in [-0.3, -0.25) is 4.79 Å². The van der Waals surface area contributed by atoms with Crippen molar-refractivity contribution in [1.82, 2.24) is 0 Å². The molecule has 0 saturated carbocycles.